The van der Waals surface area contributed by atoms with Gasteiger partial charge < -0.3 is 10.3 Å². The van der Waals surface area contributed by atoms with E-state index in [4.69, 9.17) is 11.6 Å². The molecule has 1 aromatic heterocycles. The predicted octanol–water partition coefficient (Wildman–Crippen LogP) is 4.45. The van der Waals surface area contributed by atoms with Crippen LogP contribution in [0.25, 0.3) is 10.9 Å². The summed E-state index contributed by atoms with van der Waals surface area (Å²) in [5.41, 5.74) is 1.93. The number of benzene rings is 2. The van der Waals surface area contributed by atoms with E-state index < -0.39 is 5.82 Å². The second-order valence-corrected chi connectivity index (χ2v) is 5.55. The van der Waals surface area contributed by atoms with E-state index in [0.717, 1.165) is 5.56 Å². The van der Waals surface area contributed by atoms with Gasteiger partial charge in [-0.3, -0.25) is 4.79 Å². The SMILES string of the molecule is CC(NC(=O)c1cc2cc(Cl)c(F)cc2[nH]1)c1ccccc1. The van der Waals surface area contributed by atoms with Crippen molar-refractivity contribution in [1.29, 1.82) is 0 Å². The van der Waals surface area contributed by atoms with Crippen LogP contribution in [0.5, 0.6) is 0 Å². The minimum Gasteiger partial charge on any atom is -0.350 e. The molecule has 112 valence electrons. The number of hydrogen-bond acceptors (Lipinski definition) is 1. The van der Waals surface area contributed by atoms with Crippen molar-refractivity contribution in [1.82, 2.24) is 10.3 Å². The van der Waals surface area contributed by atoms with Gasteiger partial charge in [-0.05, 0) is 30.7 Å². The quantitative estimate of drug-likeness (QED) is 0.736. The summed E-state index contributed by atoms with van der Waals surface area (Å²) in [5, 5.41) is 3.64. The van der Waals surface area contributed by atoms with E-state index in [9.17, 15) is 9.18 Å². The molecule has 0 saturated carbocycles. The molecule has 0 aliphatic rings. The summed E-state index contributed by atoms with van der Waals surface area (Å²) in [6.45, 7) is 1.91. The molecule has 1 heterocycles. The van der Waals surface area contributed by atoms with E-state index in [2.05, 4.69) is 10.3 Å². The van der Waals surface area contributed by atoms with Gasteiger partial charge in [-0.2, -0.15) is 0 Å². The van der Waals surface area contributed by atoms with Crippen LogP contribution in [-0.2, 0) is 0 Å². The fraction of sp³-hybridized carbons (Fsp3) is 0.118. The standard InChI is InChI=1S/C17H14ClFN2O/c1-10(11-5-3-2-4-6-11)20-17(22)16-8-12-7-13(18)14(19)9-15(12)21-16/h2-10,21H,1H3,(H,20,22). The normalized spacial score (nSPS) is 12.3. The lowest BCUT2D eigenvalue weighted by Crippen LogP contribution is -2.26. The summed E-state index contributed by atoms with van der Waals surface area (Å²) in [7, 11) is 0. The molecule has 3 nitrogen and oxygen atoms in total. The highest BCUT2D eigenvalue weighted by Crippen LogP contribution is 2.23. The minimum atomic E-state index is -0.513. The van der Waals surface area contributed by atoms with Gasteiger partial charge in [0, 0.05) is 10.9 Å². The molecule has 3 rings (SSSR count). The number of halogens is 2. The van der Waals surface area contributed by atoms with Crippen molar-refractivity contribution >= 4 is 28.4 Å². The van der Waals surface area contributed by atoms with Gasteiger partial charge in [-0.25, -0.2) is 4.39 Å². The summed E-state index contributed by atoms with van der Waals surface area (Å²) >= 11 is 5.75. The molecule has 0 fully saturated rings. The molecule has 1 unspecified atom stereocenters. The Balaban J connectivity index is 1.83. The molecular formula is C17H14ClFN2O. The highest BCUT2D eigenvalue weighted by molar-refractivity contribution is 6.31. The highest BCUT2D eigenvalue weighted by Gasteiger charge is 2.14. The van der Waals surface area contributed by atoms with Crippen LogP contribution in [0.1, 0.15) is 29.0 Å². The fourth-order valence-electron chi connectivity index (χ4n) is 2.35. The Morgan fingerprint density at radius 3 is 2.68 bits per heavy atom. The number of aromatic amines is 1. The first-order chi connectivity index (χ1) is 10.5. The largest absolute Gasteiger partial charge is 0.350 e. The van der Waals surface area contributed by atoms with E-state index in [1.807, 2.05) is 37.3 Å². The van der Waals surface area contributed by atoms with Crippen LogP contribution in [0.15, 0.2) is 48.5 Å². The minimum absolute atomic E-state index is 0.0381. The Bertz CT molecular complexity index is 790. The van der Waals surface area contributed by atoms with E-state index in [1.54, 1.807) is 6.07 Å². The molecule has 2 N–H and O–H groups in total. The van der Waals surface area contributed by atoms with Gasteiger partial charge >= 0.3 is 0 Å². The number of carbonyl (C=O) groups is 1. The summed E-state index contributed by atoms with van der Waals surface area (Å²) in [6.07, 6.45) is 0. The lowest BCUT2D eigenvalue weighted by molar-refractivity contribution is 0.0935. The number of aromatic nitrogens is 1. The van der Waals surface area contributed by atoms with Crippen molar-refractivity contribution in [3.63, 3.8) is 0 Å². The summed E-state index contributed by atoms with van der Waals surface area (Å²) in [4.78, 5) is 15.2. The summed E-state index contributed by atoms with van der Waals surface area (Å²) in [6, 6.07) is 14.0. The van der Waals surface area contributed by atoms with Crippen molar-refractivity contribution in [3.8, 4) is 0 Å². The third kappa shape index (κ3) is 2.83. The first-order valence-electron chi connectivity index (χ1n) is 6.88. The maximum absolute atomic E-state index is 13.4. The second-order valence-electron chi connectivity index (χ2n) is 5.14. The Labute approximate surface area is 132 Å². The molecule has 0 bridgehead atoms. The van der Waals surface area contributed by atoms with Crippen LogP contribution in [-0.4, -0.2) is 10.9 Å². The zero-order valence-electron chi connectivity index (χ0n) is 11.9. The van der Waals surface area contributed by atoms with E-state index >= 15 is 0 Å². The summed E-state index contributed by atoms with van der Waals surface area (Å²) < 4.78 is 13.4. The molecule has 0 saturated heterocycles. The van der Waals surface area contributed by atoms with Crippen molar-refractivity contribution < 1.29 is 9.18 Å². The van der Waals surface area contributed by atoms with E-state index in [1.165, 1.54) is 12.1 Å². The maximum Gasteiger partial charge on any atom is 0.268 e. The molecule has 0 radical (unpaired) electrons. The Hall–Kier alpha value is -2.33. The van der Waals surface area contributed by atoms with Crippen molar-refractivity contribution in [2.75, 3.05) is 0 Å². The van der Waals surface area contributed by atoms with Crippen LogP contribution < -0.4 is 5.32 Å². The zero-order chi connectivity index (χ0) is 15.7. The zero-order valence-corrected chi connectivity index (χ0v) is 12.6. The van der Waals surface area contributed by atoms with Gasteiger partial charge in [0.2, 0.25) is 0 Å². The molecule has 0 spiro atoms. The third-order valence-corrected chi connectivity index (χ3v) is 3.84. The average molecular weight is 317 g/mol. The van der Waals surface area contributed by atoms with Gasteiger partial charge in [0.25, 0.3) is 5.91 Å². The van der Waals surface area contributed by atoms with Crippen molar-refractivity contribution in [3.05, 3.63) is 70.6 Å². The number of carbonyl (C=O) groups excluding carboxylic acids is 1. The van der Waals surface area contributed by atoms with Crippen LogP contribution in [0.4, 0.5) is 4.39 Å². The number of nitrogens with one attached hydrogen (secondary N) is 2. The van der Waals surface area contributed by atoms with Gasteiger partial charge in [0.1, 0.15) is 11.5 Å². The molecule has 0 aliphatic heterocycles. The molecule has 5 heteroatoms. The number of fused-ring (bicyclic) bond motifs is 1. The molecule has 2 aromatic carbocycles. The maximum atomic E-state index is 13.4. The van der Waals surface area contributed by atoms with Crippen molar-refractivity contribution in [2.45, 2.75) is 13.0 Å². The first kappa shape index (κ1) is 14.6. The molecular weight excluding hydrogens is 303 g/mol. The van der Waals surface area contributed by atoms with Crippen LogP contribution in [0, 0.1) is 5.82 Å². The molecule has 0 aliphatic carbocycles. The summed E-state index contributed by atoms with van der Waals surface area (Å²) in [5.74, 6) is -0.760. The molecule has 22 heavy (non-hydrogen) atoms. The Kier molecular flexibility index (Phi) is 3.86. The van der Waals surface area contributed by atoms with Crippen LogP contribution >= 0.6 is 11.6 Å². The molecule has 1 atom stereocenters. The topological polar surface area (TPSA) is 44.9 Å². The lowest BCUT2D eigenvalue weighted by Gasteiger charge is -2.13. The number of hydrogen-bond donors (Lipinski definition) is 2. The smallest absolute Gasteiger partial charge is 0.268 e. The highest BCUT2D eigenvalue weighted by atomic mass is 35.5. The Morgan fingerprint density at radius 1 is 1.23 bits per heavy atom. The lowest BCUT2D eigenvalue weighted by atomic mass is 10.1. The van der Waals surface area contributed by atoms with Gasteiger partial charge in [-0.1, -0.05) is 41.9 Å². The first-order valence-corrected chi connectivity index (χ1v) is 7.26. The Morgan fingerprint density at radius 2 is 1.95 bits per heavy atom. The van der Waals surface area contributed by atoms with Crippen LogP contribution in [0.2, 0.25) is 5.02 Å². The van der Waals surface area contributed by atoms with Gasteiger partial charge in [0.15, 0.2) is 0 Å². The monoisotopic (exact) mass is 316 g/mol. The van der Waals surface area contributed by atoms with E-state index in [-0.39, 0.29) is 17.0 Å². The fourth-order valence-corrected chi connectivity index (χ4v) is 2.52. The van der Waals surface area contributed by atoms with E-state index in [0.29, 0.717) is 16.6 Å². The molecule has 1 amide bonds. The number of rotatable bonds is 3. The van der Waals surface area contributed by atoms with Crippen LogP contribution in [0.3, 0.4) is 0 Å². The number of amides is 1. The number of H-pyrrole nitrogens is 1. The predicted molar refractivity (Wildman–Crippen MR) is 85.6 cm³/mol. The third-order valence-electron chi connectivity index (χ3n) is 3.55. The second kappa shape index (κ2) is 5.81. The average Bonchev–Trinajstić information content (AvgIpc) is 2.91. The van der Waals surface area contributed by atoms with Gasteiger partial charge in [0.05, 0.1) is 11.1 Å². The van der Waals surface area contributed by atoms with Gasteiger partial charge in [-0.15, -0.1) is 0 Å². The van der Waals surface area contributed by atoms with Crippen molar-refractivity contribution in [2.24, 2.45) is 0 Å². The molecule has 3 aromatic rings.